The fourth-order valence-corrected chi connectivity index (χ4v) is 2.83. The summed E-state index contributed by atoms with van der Waals surface area (Å²) in [6.07, 6.45) is 6.28. The van der Waals surface area contributed by atoms with Crippen molar-refractivity contribution < 1.29 is 4.79 Å². The second-order valence-electron chi connectivity index (χ2n) is 5.64. The third kappa shape index (κ3) is 3.09. The van der Waals surface area contributed by atoms with Gasteiger partial charge in [-0.2, -0.15) is 0 Å². The Kier molecular flexibility index (Phi) is 3.94. The van der Waals surface area contributed by atoms with Crippen molar-refractivity contribution in [2.75, 3.05) is 0 Å². The Labute approximate surface area is 123 Å². The van der Waals surface area contributed by atoms with Crippen LogP contribution in [0.2, 0.25) is 0 Å². The molecule has 3 rings (SSSR count). The highest BCUT2D eigenvalue weighted by Crippen LogP contribution is 2.24. The average molecular weight is 285 g/mol. The highest BCUT2D eigenvalue weighted by Gasteiger charge is 2.23. The van der Waals surface area contributed by atoms with Gasteiger partial charge in [-0.3, -0.25) is 4.79 Å². The molecule has 1 aromatic carbocycles. The summed E-state index contributed by atoms with van der Waals surface area (Å²) in [6, 6.07) is 7.59. The fraction of sp³-hybridized carbons (Fsp3) is 0.467. The molecule has 1 fully saturated rings. The van der Waals surface area contributed by atoms with Gasteiger partial charge in [0.1, 0.15) is 6.33 Å². The minimum atomic E-state index is -0.00276. The lowest BCUT2D eigenvalue weighted by Gasteiger charge is -2.29. The number of benzene rings is 1. The molecule has 2 unspecified atom stereocenters. The molecule has 1 aliphatic rings. The van der Waals surface area contributed by atoms with Gasteiger partial charge in [0, 0.05) is 11.6 Å². The Balaban J connectivity index is 1.67. The van der Waals surface area contributed by atoms with E-state index in [9.17, 15) is 4.79 Å². The maximum atomic E-state index is 12.3. The summed E-state index contributed by atoms with van der Waals surface area (Å²) in [4.78, 5) is 12.3. The van der Waals surface area contributed by atoms with Gasteiger partial charge in [-0.15, -0.1) is 5.10 Å². The zero-order valence-corrected chi connectivity index (χ0v) is 12.1. The molecule has 1 aliphatic carbocycles. The van der Waals surface area contributed by atoms with Crippen LogP contribution in [-0.2, 0) is 0 Å². The maximum absolute atomic E-state index is 12.3. The first-order valence-electron chi connectivity index (χ1n) is 7.38. The number of hydrogen-bond donors (Lipinski definition) is 1. The van der Waals surface area contributed by atoms with Gasteiger partial charge in [-0.1, -0.05) is 19.8 Å². The third-order valence-electron chi connectivity index (χ3n) is 4.17. The van der Waals surface area contributed by atoms with Gasteiger partial charge in [0.2, 0.25) is 0 Å². The van der Waals surface area contributed by atoms with Gasteiger partial charge in [-0.05, 0) is 53.5 Å². The topological polar surface area (TPSA) is 72.7 Å². The lowest BCUT2D eigenvalue weighted by atomic mass is 9.86. The molecular weight excluding hydrogens is 266 g/mol. The standard InChI is InChI=1S/C15H19N5O/c1-11-4-2-3-5-14(11)17-15(21)12-6-8-13(9-7-12)20-10-16-18-19-20/h6-11,14H,2-5H2,1H3,(H,17,21). The lowest BCUT2D eigenvalue weighted by molar-refractivity contribution is 0.0910. The van der Waals surface area contributed by atoms with Gasteiger partial charge in [0.25, 0.3) is 5.91 Å². The Hall–Kier alpha value is -2.24. The highest BCUT2D eigenvalue weighted by atomic mass is 16.1. The number of aromatic nitrogens is 4. The maximum Gasteiger partial charge on any atom is 0.251 e. The van der Waals surface area contributed by atoms with Crippen LogP contribution in [0.3, 0.4) is 0 Å². The molecule has 1 saturated carbocycles. The largest absolute Gasteiger partial charge is 0.349 e. The molecule has 0 aliphatic heterocycles. The molecular formula is C15H19N5O. The predicted molar refractivity (Wildman–Crippen MR) is 78.0 cm³/mol. The molecule has 21 heavy (non-hydrogen) atoms. The van der Waals surface area contributed by atoms with Crippen LogP contribution in [0.5, 0.6) is 0 Å². The van der Waals surface area contributed by atoms with E-state index >= 15 is 0 Å². The van der Waals surface area contributed by atoms with E-state index in [-0.39, 0.29) is 5.91 Å². The zero-order chi connectivity index (χ0) is 14.7. The number of rotatable bonds is 3. The molecule has 0 spiro atoms. The zero-order valence-electron chi connectivity index (χ0n) is 12.1. The monoisotopic (exact) mass is 285 g/mol. The van der Waals surface area contributed by atoms with Gasteiger partial charge in [0.05, 0.1) is 5.69 Å². The van der Waals surface area contributed by atoms with E-state index in [2.05, 4.69) is 27.8 Å². The van der Waals surface area contributed by atoms with E-state index in [0.29, 0.717) is 17.5 Å². The van der Waals surface area contributed by atoms with Crippen molar-refractivity contribution in [3.8, 4) is 5.69 Å². The van der Waals surface area contributed by atoms with E-state index < -0.39 is 0 Å². The number of tetrazole rings is 1. The summed E-state index contributed by atoms with van der Waals surface area (Å²) in [6.45, 7) is 2.21. The summed E-state index contributed by atoms with van der Waals surface area (Å²) in [5.74, 6) is 0.556. The average Bonchev–Trinajstić information content (AvgIpc) is 3.04. The third-order valence-corrected chi connectivity index (χ3v) is 4.17. The van der Waals surface area contributed by atoms with Crippen LogP contribution in [0.15, 0.2) is 30.6 Å². The van der Waals surface area contributed by atoms with E-state index in [0.717, 1.165) is 12.1 Å². The van der Waals surface area contributed by atoms with Gasteiger partial charge in [-0.25, -0.2) is 4.68 Å². The second kappa shape index (κ2) is 6.03. The van der Waals surface area contributed by atoms with Crippen LogP contribution in [0.4, 0.5) is 0 Å². The Bertz CT molecular complexity index is 593. The van der Waals surface area contributed by atoms with Crippen LogP contribution < -0.4 is 5.32 Å². The molecule has 0 bridgehead atoms. The second-order valence-corrected chi connectivity index (χ2v) is 5.64. The SMILES string of the molecule is CC1CCCCC1NC(=O)c1ccc(-n2cnnn2)cc1. The number of nitrogens with one attached hydrogen (secondary N) is 1. The summed E-state index contributed by atoms with van der Waals surface area (Å²) in [7, 11) is 0. The van der Waals surface area contributed by atoms with E-state index in [4.69, 9.17) is 0 Å². The van der Waals surface area contributed by atoms with Crippen LogP contribution >= 0.6 is 0 Å². The molecule has 110 valence electrons. The molecule has 1 aromatic heterocycles. The number of carbonyl (C=O) groups excluding carboxylic acids is 1. The van der Waals surface area contributed by atoms with Crippen LogP contribution in [0.1, 0.15) is 43.0 Å². The van der Waals surface area contributed by atoms with E-state index in [1.54, 1.807) is 16.8 Å². The summed E-state index contributed by atoms with van der Waals surface area (Å²) in [5, 5.41) is 14.2. The minimum Gasteiger partial charge on any atom is -0.349 e. The molecule has 6 nitrogen and oxygen atoms in total. The number of carbonyl (C=O) groups is 1. The molecule has 1 amide bonds. The van der Waals surface area contributed by atoms with Crippen molar-refractivity contribution in [3.63, 3.8) is 0 Å². The molecule has 2 aromatic rings. The molecule has 0 saturated heterocycles. The first-order chi connectivity index (χ1) is 10.2. The Morgan fingerprint density at radius 2 is 2.00 bits per heavy atom. The molecule has 0 radical (unpaired) electrons. The van der Waals surface area contributed by atoms with Crippen molar-refractivity contribution >= 4 is 5.91 Å². The van der Waals surface area contributed by atoms with Crippen molar-refractivity contribution in [1.29, 1.82) is 0 Å². The van der Waals surface area contributed by atoms with Crippen molar-refractivity contribution in [2.24, 2.45) is 5.92 Å². The summed E-state index contributed by atoms with van der Waals surface area (Å²) in [5.41, 5.74) is 1.51. The molecule has 1 heterocycles. The number of nitrogens with zero attached hydrogens (tertiary/aromatic N) is 4. The molecule has 1 N–H and O–H groups in total. The van der Waals surface area contributed by atoms with Crippen LogP contribution in [0, 0.1) is 5.92 Å². The molecule has 6 heteroatoms. The van der Waals surface area contributed by atoms with E-state index in [1.807, 2.05) is 12.1 Å². The smallest absolute Gasteiger partial charge is 0.251 e. The van der Waals surface area contributed by atoms with Gasteiger partial charge in [0.15, 0.2) is 0 Å². The number of amides is 1. The van der Waals surface area contributed by atoms with Crippen LogP contribution in [-0.4, -0.2) is 32.2 Å². The van der Waals surface area contributed by atoms with E-state index in [1.165, 1.54) is 25.6 Å². The summed E-state index contributed by atoms with van der Waals surface area (Å²) >= 11 is 0. The lowest BCUT2D eigenvalue weighted by Crippen LogP contribution is -2.41. The minimum absolute atomic E-state index is 0.00276. The number of hydrogen-bond acceptors (Lipinski definition) is 4. The van der Waals surface area contributed by atoms with Gasteiger partial charge >= 0.3 is 0 Å². The fourth-order valence-electron chi connectivity index (χ4n) is 2.83. The Morgan fingerprint density at radius 1 is 1.24 bits per heavy atom. The summed E-state index contributed by atoms with van der Waals surface area (Å²) < 4.78 is 1.56. The Morgan fingerprint density at radius 3 is 2.67 bits per heavy atom. The van der Waals surface area contributed by atoms with Crippen molar-refractivity contribution in [3.05, 3.63) is 36.2 Å². The predicted octanol–water partition coefficient (Wildman–Crippen LogP) is 1.97. The first-order valence-corrected chi connectivity index (χ1v) is 7.38. The molecule has 2 atom stereocenters. The van der Waals surface area contributed by atoms with Crippen LogP contribution in [0.25, 0.3) is 5.69 Å². The highest BCUT2D eigenvalue weighted by molar-refractivity contribution is 5.94. The normalized spacial score (nSPS) is 22.0. The quantitative estimate of drug-likeness (QED) is 0.935. The first kappa shape index (κ1) is 13.7. The van der Waals surface area contributed by atoms with Crippen molar-refractivity contribution in [1.82, 2.24) is 25.5 Å². The van der Waals surface area contributed by atoms with Gasteiger partial charge < -0.3 is 5.32 Å². The van der Waals surface area contributed by atoms with Crippen molar-refractivity contribution in [2.45, 2.75) is 38.6 Å².